The zero-order chi connectivity index (χ0) is 13.6. The molecular formula is C13H24N2O3. The highest BCUT2D eigenvalue weighted by Gasteiger charge is 2.40. The maximum absolute atomic E-state index is 12.1. The van der Waals surface area contributed by atoms with E-state index in [2.05, 4.69) is 5.32 Å². The summed E-state index contributed by atoms with van der Waals surface area (Å²) in [6, 6.07) is 0. The van der Waals surface area contributed by atoms with Crippen LogP contribution in [0.15, 0.2) is 0 Å². The molecule has 18 heavy (non-hydrogen) atoms. The number of hydrogen-bond donors (Lipinski definition) is 2. The molecule has 0 aromatic heterocycles. The van der Waals surface area contributed by atoms with Gasteiger partial charge in [0.1, 0.15) is 0 Å². The number of carbonyl (C=O) groups is 2. The van der Waals surface area contributed by atoms with Crippen LogP contribution in [0.25, 0.3) is 0 Å². The summed E-state index contributed by atoms with van der Waals surface area (Å²) >= 11 is 0. The molecule has 0 aromatic rings. The van der Waals surface area contributed by atoms with Crippen molar-refractivity contribution in [2.45, 2.75) is 50.5 Å². The molecule has 0 bridgehead atoms. The van der Waals surface area contributed by atoms with Gasteiger partial charge in [0.2, 0.25) is 5.91 Å². The minimum absolute atomic E-state index is 0.0347. The molecule has 0 atom stereocenters. The van der Waals surface area contributed by atoms with Crippen molar-refractivity contribution in [3.8, 4) is 0 Å². The van der Waals surface area contributed by atoms with E-state index in [0.717, 1.165) is 32.1 Å². The van der Waals surface area contributed by atoms with Crippen molar-refractivity contribution in [1.82, 2.24) is 10.2 Å². The van der Waals surface area contributed by atoms with E-state index in [0.29, 0.717) is 13.0 Å². The molecule has 5 nitrogen and oxygen atoms in total. The molecule has 1 aliphatic rings. The number of carboxylic acid groups (broad SMARTS) is 1. The number of nitrogens with one attached hydrogen (secondary N) is 1. The van der Waals surface area contributed by atoms with Crippen LogP contribution in [0.4, 0.5) is 0 Å². The number of aliphatic carboxylic acids is 1. The molecule has 1 saturated carbocycles. The average molecular weight is 256 g/mol. The molecular weight excluding hydrogens is 232 g/mol. The Morgan fingerprint density at radius 3 is 2.39 bits per heavy atom. The molecule has 1 fully saturated rings. The molecule has 1 aliphatic carbocycles. The van der Waals surface area contributed by atoms with Crippen molar-refractivity contribution in [2.75, 3.05) is 20.6 Å². The van der Waals surface area contributed by atoms with Gasteiger partial charge < -0.3 is 15.3 Å². The number of amides is 1. The second-order valence-electron chi connectivity index (χ2n) is 5.16. The Balaban J connectivity index is 2.74. The minimum Gasteiger partial charge on any atom is -0.481 e. The van der Waals surface area contributed by atoms with Crippen LogP contribution < -0.4 is 5.32 Å². The molecule has 1 rings (SSSR count). The van der Waals surface area contributed by atoms with Gasteiger partial charge in [-0.1, -0.05) is 19.3 Å². The summed E-state index contributed by atoms with van der Waals surface area (Å²) in [5.74, 6) is -0.780. The lowest BCUT2D eigenvalue weighted by Crippen LogP contribution is -2.52. The van der Waals surface area contributed by atoms with Crippen LogP contribution in [0.5, 0.6) is 0 Å². The number of nitrogens with zero attached hydrogens (tertiary/aromatic N) is 1. The van der Waals surface area contributed by atoms with Crippen LogP contribution in [0.3, 0.4) is 0 Å². The van der Waals surface area contributed by atoms with Gasteiger partial charge in [0, 0.05) is 20.0 Å². The normalized spacial score (nSPS) is 18.3. The second-order valence-corrected chi connectivity index (χ2v) is 5.16. The second kappa shape index (κ2) is 6.73. The molecule has 0 heterocycles. The maximum Gasteiger partial charge on any atom is 0.305 e. The first-order chi connectivity index (χ1) is 8.52. The van der Waals surface area contributed by atoms with Crippen LogP contribution in [-0.4, -0.2) is 48.1 Å². The van der Waals surface area contributed by atoms with Gasteiger partial charge in [-0.3, -0.25) is 9.59 Å². The average Bonchev–Trinajstić information content (AvgIpc) is 2.35. The fraction of sp³-hybridized carbons (Fsp3) is 0.846. The summed E-state index contributed by atoms with van der Waals surface area (Å²) in [7, 11) is 3.56. The van der Waals surface area contributed by atoms with E-state index in [1.807, 2.05) is 0 Å². The van der Waals surface area contributed by atoms with Crippen molar-refractivity contribution >= 4 is 11.9 Å². The van der Waals surface area contributed by atoms with Crippen LogP contribution >= 0.6 is 0 Å². The Labute approximate surface area is 109 Å². The lowest BCUT2D eigenvalue weighted by molar-refractivity contribution is -0.145. The van der Waals surface area contributed by atoms with Gasteiger partial charge in [-0.05, 0) is 19.9 Å². The zero-order valence-corrected chi connectivity index (χ0v) is 11.4. The Bertz CT molecular complexity index is 299. The summed E-state index contributed by atoms with van der Waals surface area (Å²) in [6.07, 6.45) is 5.26. The lowest BCUT2D eigenvalue weighted by Gasteiger charge is -2.44. The molecule has 0 unspecified atom stereocenters. The van der Waals surface area contributed by atoms with Gasteiger partial charge in [0.15, 0.2) is 0 Å². The lowest BCUT2D eigenvalue weighted by atomic mass is 9.78. The van der Waals surface area contributed by atoms with Gasteiger partial charge >= 0.3 is 5.97 Å². The van der Waals surface area contributed by atoms with E-state index < -0.39 is 11.5 Å². The number of rotatable bonds is 6. The highest BCUT2D eigenvalue weighted by molar-refractivity contribution is 5.78. The largest absolute Gasteiger partial charge is 0.481 e. The van der Waals surface area contributed by atoms with Gasteiger partial charge in [0.05, 0.1) is 12.0 Å². The minimum atomic E-state index is -0.815. The third-order valence-corrected chi connectivity index (χ3v) is 3.94. The van der Waals surface area contributed by atoms with E-state index >= 15 is 0 Å². The van der Waals surface area contributed by atoms with E-state index in [1.54, 1.807) is 19.0 Å². The standard InChI is InChI=1S/C13H24N2O3/c1-14-9-6-11(16)15(2)13(10-12(17)18)7-4-3-5-8-13/h14H,3-10H2,1-2H3,(H,17,18). The van der Waals surface area contributed by atoms with E-state index in [1.165, 1.54) is 0 Å². The fourth-order valence-electron chi connectivity index (χ4n) is 2.79. The third-order valence-electron chi connectivity index (χ3n) is 3.94. The van der Waals surface area contributed by atoms with Crippen molar-refractivity contribution in [3.63, 3.8) is 0 Å². The van der Waals surface area contributed by atoms with E-state index in [4.69, 9.17) is 5.11 Å². The van der Waals surface area contributed by atoms with Crippen LogP contribution in [-0.2, 0) is 9.59 Å². The van der Waals surface area contributed by atoms with Crippen molar-refractivity contribution < 1.29 is 14.7 Å². The predicted octanol–water partition coefficient (Wildman–Crippen LogP) is 1.23. The monoisotopic (exact) mass is 256 g/mol. The van der Waals surface area contributed by atoms with Crippen LogP contribution in [0.1, 0.15) is 44.9 Å². The summed E-state index contributed by atoms with van der Waals surface area (Å²) in [4.78, 5) is 24.8. The highest BCUT2D eigenvalue weighted by Crippen LogP contribution is 2.36. The molecule has 5 heteroatoms. The van der Waals surface area contributed by atoms with Crippen molar-refractivity contribution in [1.29, 1.82) is 0 Å². The summed E-state index contributed by atoms with van der Waals surface area (Å²) in [5.41, 5.74) is -0.463. The Morgan fingerprint density at radius 2 is 1.89 bits per heavy atom. The van der Waals surface area contributed by atoms with Gasteiger partial charge in [0.25, 0.3) is 0 Å². The molecule has 104 valence electrons. The topological polar surface area (TPSA) is 69.6 Å². The molecule has 2 N–H and O–H groups in total. The van der Waals surface area contributed by atoms with Gasteiger partial charge in [-0.15, -0.1) is 0 Å². The smallest absolute Gasteiger partial charge is 0.305 e. The van der Waals surface area contributed by atoms with E-state index in [-0.39, 0.29) is 12.3 Å². The van der Waals surface area contributed by atoms with Crippen molar-refractivity contribution in [2.24, 2.45) is 0 Å². The number of carboxylic acids is 1. The van der Waals surface area contributed by atoms with Crippen LogP contribution in [0.2, 0.25) is 0 Å². The molecule has 0 spiro atoms. The molecule has 0 aromatic carbocycles. The van der Waals surface area contributed by atoms with E-state index in [9.17, 15) is 9.59 Å². The number of hydrogen-bond acceptors (Lipinski definition) is 3. The summed E-state index contributed by atoms with van der Waals surface area (Å²) in [6.45, 7) is 0.631. The first-order valence-electron chi connectivity index (χ1n) is 6.65. The van der Waals surface area contributed by atoms with Crippen LogP contribution in [0, 0.1) is 0 Å². The highest BCUT2D eigenvalue weighted by atomic mass is 16.4. The SMILES string of the molecule is CNCCC(=O)N(C)C1(CC(=O)O)CCCCC1. The number of carbonyl (C=O) groups excluding carboxylic acids is 1. The Hall–Kier alpha value is -1.10. The molecule has 0 aliphatic heterocycles. The summed E-state index contributed by atoms with van der Waals surface area (Å²) < 4.78 is 0. The first kappa shape index (κ1) is 15.0. The van der Waals surface area contributed by atoms with Crippen molar-refractivity contribution in [3.05, 3.63) is 0 Å². The Morgan fingerprint density at radius 1 is 1.28 bits per heavy atom. The molecule has 1 amide bonds. The van der Waals surface area contributed by atoms with Gasteiger partial charge in [-0.25, -0.2) is 0 Å². The zero-order valence-electron chi connectivity index (χ0n) is 11.4. The maximum atomic E-state index is 12.1. The summed E-state index contributed by atoms with van der Waals surface area (Å²) in [5, 5.41) is 12.0. The first-order valence-corrected chi connectivity index (χ1v) is 6.65. The Kier molecular flexibility index (Phi) is 5.59. The van der Waals surface area contributed by atoms with Gasteiger partial charge in [-0.2, -0.15) is 0 Å². The molecule has 0 saturated heterocycles. The third kappa shape index (κ3) is 3.70. The quantitative estimate of drug-likeness (QED) is 0.750. The molecule has 0 radical (unpaired) electrons. The predicted molar refractivity (Wildman–Crippen MR) is 69.4 cm³/mol. The fourth-order valence-corrected chi connectivity index (χ4v) is 2.79.